The predicted molar refractivity (Wildman–Crippen MR) is 179 cm³/mol. The van der Waals surface area contributed by atoms with Gasteiger partial charge in [-0.05, 0) is 62.4 Å². The number of rotatable bonds is 0. The van der Waals surface area contributed by atoms with Crippen molar-refractivity contribution in [3.05, 3.63) is 132 Å². The van der Waals surface area contributed by atoms with E-state index in [0.29, 0.717) is 31.9 Å². The van der Waals surface area contributed by atoms with Gasteiger partial charge in [0.2, 0.25) is 0 Å². The molecule has 0 fully saturated rings. The van der Waals surface area contributed by atoms with Crippen molar-refractivity contribution in [1.29, 1.82) is 0 Å². The van der Waals surface area contributed by atoms with Gasteiger partial charge in [0.1, 0.15) is 0 Å². The Morgan fingerprint density at radius 1 is 0.574 bits per heavy atom. The number of aromatic nitrogens is 4. The van der Waals surface area contributed by atoms with Gasteiger partial charge in [0.25, 0.3) is 0 Å². The number of aryl methyl sites for hydroxylation is 2. The van der Waals surface area contributed by atoms with Crippen LogP contribution in [0.4, 0.5) is 0 Å². The van der Waals surface area contributed by atoms with Crippen molar-refractivity contribution in [2.24, 2.45) is 0 Å². The fourth-order valence-electron chi connectivity index (χ4n) is 4.26. The molecule has 4 aromatic heterocycles. The second kappa shape index (κ2) is 17.1. The van der Waals surface area contributed by atoms with Crippen LogP contribution < -0.4 is 10.2 Å². The minimum Gasteiger partial charge on any atom is -0.870 e. The number of halogens is 4. The van der Waals surface area contributed by atoms with Gasteiger partial charge >= 0.3 is 38.6 Å². The van der Waals surface area contributed by atoms with Crippen molar-refractivity contribution in [1.82, 2.24) is 19.9 Å². The van der Waals surface area contributed by atoms with E-state index in [1.807, 2.05) is 38.1 Å². The summed E-state index contributed by atoms with van der Waals surface area (Å²) in [6, 6.07) is 22.2. The molecular formula is C32H20Cl4N5O5Tb. The molecule has 0 saturated heterocycles. The fraction of sp³-hybridized carbons (Fsp3) is 0.0625. The van der Waals surface area contributed by atoms with Crippen LogP contribution in [-0.2, 0) is 0 Å². The Balaban J connectivity index is 0.000000179. The third-order valence-electron chi connectivity index (χ3n) is 6.30. The molecule has 240 valence electrons. The number of nitrogens with zero attached hydrogens (tertiary/aromatic N) is 5. The van der Waals surface area contributed by atoms with Crippen molar-refractivity contribution >= 4 is 90.0 Å². The molecule has 3 aromatic carbocycles. The Kier molecular flexibility index (Phi) is 13.8. The molecule has 0 amide bonds. The molecular weight excluding hydrogens is 835 g/mol. The monoisotopic (exact) mass is 853 g/mol. The summed E-state index contributed by atoms with van der Waals surface area (Å²) >= 11 is 23.3. The number of pyridine rings is 4. The molecule has 0 aliphatic carbocycles. The third kappa shape index (κ3) is 9.56. The molecule has 0 N–H and O–H groups in total. The molecule has 7 aromatic rings. The zero-order valence-corrected chi connectivity index (χ0v) is 29.4. The molecule has 0 aliphatic heterocycles. The van der Waals surface area contributed by atoms with Gasteiger partial charge in [-0.2, -0.15) is 0 Å². The van der Waals surface area contributed by atoms with E-state index in [1.165, 1.54) is 12.1 Å². The molecule has 0 spiro atoms. The summed E-state index contributed by atoms with van der Waals surface area (Å²) in [6.45, 7) is 3.63. The first-order valence-corrected chi connectivity index (χ1v) is 14.6. The normalized spacial score (nSPS) is 10.2. The van der Waals surface area contributed by atoms with Crippen LogP contribution in [0.3, 0.4) is 0 Å². The molecule has 0 radical (unpaired) electrons. The molecule has 7 rings (SSSR count). The van der Waals surface area contributed by atoms with Crippen LogP contribution >= 0.6 is 46.4 Å². The molecule has 0 saturated carbocycles. The summed E-state index contributed by atoms with van der Waals surface area (Å²) in [7, 11) is 0. The molecule has 10 nitrogen and oxygen atoms in total. The van der Waals surface area contributed by atoms with E-state index in [-0.39, 0.29) is 60.2 Å². The standard InChI is InChI=1S/C12H8N2.2C10H7Cl2NO.NO3.Tb/c1-3-9-5-6-10-4-2-8-14-12(10)11(9)13-7-1;2*1-5-2-3-6-7(11)4-8(12)10(14)9(6)13-5;2-1(3)4;/h1-8H;2*2-4,14H,1H3;;/q;;;-1;+3/p-2. The maximum absolute atomic E-state index is 11.6. The van der Waals surface area contributed by atoms with Gasteiger partial charge in [0, 0.05) is 55.4 Å². The van der Waals surface area contributed by atoms with Crippen LogP contribution in [0.1, 0.15) is 11.4 Å². The van der Waals surface area contributed by atoms with Gasteiger partial charge in [0.15, 0.2) is 0 Å². The van der Waals surface area contributed by atoms with Gasteiger partial charge in [-0.25, -0.2) is 0 Å². The summed E-state index contributed by atoms with van der Waals surface area (Å²) in [5, 5.41) is 42.6. The first-order chi connectivity index (χ1) is 21.9. The smallest absolute Gasteiger partial charge is 0.870 e. The van der Waals surface area contributed by atoms with Crippen LogP contribution in [0, 0.1) is 67.8 Å². The van der Waals surface area contributed by atoms with Crippen LogP contribution in [0.25, 0.3) is 43.6 Å². The van der Waals surface area contributed by atoms with Crippen molar-refractivity contribution < 1.29 is 53.9 Å². The average Bonchev–Trinajstić information content (AvgIpc) is 3.03. The van der Waals surface area contributed by atoms with E-state index in [0.717, 1.165) is 33.2 Å². The summed E-state index contributed by atoms with van der Waals surface area (Å²) < 4.78 is 0. The molecule has 0 bridgehead atoms. The Morgan fingerprint density at radius 2 is 0.936 bits per heavy atom. The van der Waals surface area contributed by atoms with Gasteiger partial charge < -0.3 is 25.5 Å². The summed E-state index contributed by atoms with van der Waals surface area (Å²) in [4.78, 5) is 25.2. The minimum absolute atomic E-state index is 0. The second-order valence-electron chi connectivity index (χ2n) is 9.48. The zero-order chi connectivity index (χ0) is 33.5. The average molecular weight is 855 g/mol. The molecule has 0 unspecified atom stereocenters. The Morgan fingerprint density at radius 3 is 1.30 bits per heavy atom. The van der Waals surface area contributed by atoms with Crippen LogP contribution in [0.15, 0.2) is 85.2 Å². The Bertz CT molecular complexity index is 2070. The predicted octanol–water partition coefficient (Wildman–Crippen LogP) is 8.39. The topological polar surface area (TPSA) is 164 Å². The molecule has 47 heavy (non-hydrogen) atoms. The largest absolute Gasteiger partial charge is 3.00 e. The maximum atomic E-state index is 11.6. The van der Waals surface area contributed by atoms with Crippen molar-refractivity contribution in [2.45, 2.75) is 13.8 Å². The summed E-state index contributed by atoms with van der Waals surface area (Å²) in [5.74, 6) is -0.537. The molecule has 0 atom stereocenters. The van der Waals surface area contributed by atoms with Crippen LogP contribution in [-0.4, -0.2) is 25.0 Å². The number of benzene rings is 3. The summed E-state index contributed by atoms with van der Waals surface area (Å²) in [5.41, 5.74) is 4.17. The first kappa shape index (κ1) is 38.0. The summed E-state index contributed by atoms with van der Waals surface area (Å²) in [6.07, 6.45) is 3.60. The number of hydrogen-bond donors (Lipinski definition) is 0. The van der Waals surface area contributed by atoms with Gasteiger partial charge in [-0.3, -0.25) is 19.9 Å². The van der Waals surface area contributed by atoms with Crippen LogP contribution in [0.2, 0.25) is 20.1 Å². The first-order valence-electron chi connectivity index (χ1n) is 13.1. The Hall–Kier alpha value is -3.45. The van der Waals surface area contributed by atoms with E-state index < -0.39 is 5.09 Å². The van der Waals surface area contributed by atoms with E-state index in [1.54, 1.807) is 24.5 Å². The van der Waals surface area contributed by atoms with Crippen molar-refractivity contribution in [3.63, 3.8) is 0 Å². The van der Waals surface area contributed by atoms with E-state index in [2.05, 4.69) is 44.2 Å². The van der Waals surface area contributed by atoms with E-state index >= 15 is 0 Å². The minimum atomic E-state index is -1.75. The molecule has 0 aliphatic rings. The maximum Gasteiger partial charge on any atom is 3.00 e. The molecule has 15 heteroatoms. The SMILES string of the molecule is Cc1ccc2c(Cl)cc(Cl)c([O-])c2n1.Cc1ccc2c(Cl)cc(Cl)c([O-])c2n1.O=[N+]([O-])[O-].[Tb+3].c1cnc2c(c1)ccc1cccnc12. The Labute approximate surface area is 318 Å². The third-order valence-corrected chi connectivity index (χ3v) is 7.49. The van der Waals surface area contributed by atoms with Crippen molar-refractivity contribution in [2.75, 3.05) is 0 Å². The quantitative estimate of drug-likeness (QED) is 0.0828. The van der Waals surface area contributed by atoms with Crippen LogP contribution in [0.5, 0.6) is 11.5 Å². The van der Waals surface area contributed by atoms with Gasteiger partial charge in [-0.15, -0.1) is 0 Å². The van der Waals surface area contributed by atoms with E-state index in [4.69, 9.17) is 61.7 Å². The number of hydrogen-bond acceptors (Lipinski definition) is 9. The van der Waals surface area contributed by atoms with E-state index in [9.17, 15) is 10.2 Å². The second-order valence-corrected chi connectivity index (χ2v) is 11.1. The zero-order valence-electron chi connectivity index (χ0n) is 24.2. The number of fused-ring (bicyclic) bond motifs is 5. The fourth-order valence-corrected chi connectivity index (χ4v) is 5.29. The van der Waals surface area contributed by atoms with Gasteiger partial charge in [0.05, 0.1) is 37.2 Å². The van der Waals surface area contributed by atoms with Gasteiger partial charge in [-0.1, -0.05) is 82.2 Å². The van der Waals surface area contributed by atoms with Crippen molar-refractivity contribution in [3.8, 4) is 11.5 Å². The molecule has 4 heterocycles.